The number of hydrogen-bond donors (Lipinski definition) is 2. The van der Waals surface area contributed by atoms with E-state index in [-0.39, 0.29) is 12.5 Å². The monoisotopic (exact) mass is 318 g/mol. The molecular formula is C17H19ClN2O2. The van der Waals surface area contributed by atoms with Crippen LogP contribution in [0.3, 0.4) is 0 Å². The Kier molecular flexibility index (Phi) is 5.67. The van der Waals surface area contributed by atoms with E-state index in [1.807, 2.05) is 50.2 Å². The fourth-order valence-corrected chi connectivity index (χ4v) is 2.23. The molecule has 0 fully saturated rings. The zero-order chi connectivity index (χ0) is 15.9. The Balaban J connectivity index is 1.87. The molecule has 0 atom stereocenters. The van der Waals surface area contributed by atoms with Crippen LogP contribution in [-0.4, -0.2) is 19.1 Å². The van der Waals surface area contributed by atoms with Crippen LogP contribution in [0.2, 0.25) is 5.02 Å². The van der Waals surface area contributed by atoms with Crippen LogP contribution >= 0.6 is 11.6 Å². The number of carbonyl (C=O) groups is 1. The molecule has 0 aliphatic heterocycles. The summed E-state index contributed by atoms with van der Waals surface area (Å²) in [5.41, 5.74) is 2.63. The number of rotatable bonds is 6. The Hall–Kier alpha value is -2.20. The summed E-state index contributed by atoms with van der Waals surface area (Å²) in [4.78, 5) is 11.9. The van der Waals surface area contributed by atoms with Gasteiger partial charge >= 0.3 is 0 Å². The normalized spacial score (nSPS) is 10.1. The molecular weight excluding hydrogens is 300 g/mol. The number of hydrogen-bond acceptors (Lipinski definition) is 3. The largest absolute Gasteiger partial charge is 0.494 e. The van der Waals surface area contributed by atoms with Crippen molar-refractivity contribution in [1.29, 1.82) is 0 Å². The number of halogens is 1. The molecule has 0 radical (unpaired) electrons. The number of aryl methyl sites for hydroxylation is 1. The molecule has 2 rings (SSSR count). The molecule has 0 spiro atoms. The molecule has 116 valence electrons. The fraction of sp³-hybridized carbons (Fsp3) is 0.235. The molecule has 5 heteroatoms. The summed E-state index contributed by atoms with van der Waals surface area (Å²) < 4.78 is 5.36. The summed E-state index contributed by atoms with van der Waals surface area (Å²) >= 11 is 5.90. The number of benzene rings is 2. The highest BCUT2D eigenvalue weighted by atomic mass is 35.5. The van der Waals surface area contributed by atoms with Gasteiger partial charge in [0.15, 0.2) is 0 Å². The molecule has 0 saturated heterocycles. The van der Waals surface area contributed by atoms with E-state index in [1.54, 1.807) is 6.07 Å². The van der Waals surface area contributed by atoms with Gasteiger partial charge in [0.25, 0.3) is 0 Å². The quantitative estimate of drug-likeness (QED) is 0.843. The van der Waals surface area contributed by atoms with Crippen molar-refractivity contribution in [2.45, 2.75) is 13.8 Å². The molecule has 2 aromatic rings. The van der Waals surface area contributed by atoms with E-state index < -0.39 is 0 Å². The third kappa shape index (κ3) is 4.67. The molecule has 0 aliphatic carbocycles. The van der Waals surface area contributed by atoms with Crippen LogP contribution in [0.1, 0.15) is 12.5 Å². The molecule has 2 N–H and O–H groups in total. The van der Waals surface area contributed by atoms with Gasteiger partial charge in [-0.1, -0.05) is 11.6 Å². The van der Waals surface area contributed by atoms with Gasteiger partial charge in [-0.2, -0.15) is 0 Å². The van der Waals surface area contributed by atoms with E-state index >= 15 is 0 Å². The minimum atomic E-state index is -0.112. The van der Waals surface area contributed by atoms with Gasteiger partial charge in [-0.3, -0.25) is 4.79 Å². The Bertz CT molecular complexity index is 642. The van der Waals surface area contributed by atoms with Gasteiger partial charge < -0.3 is 15.4 Å². The lowest BCUT2D eigenvalue weighted by Gasteiger charge is -2.11. The molecule has 4 nitrogen and oxygen atoms in total. The summed E-state index contributed by atoms with van der Waals surface area (Å²) in [5.74, 6) is 0.675. The van der Waals surface area contributed by atoms with Crippen LogP contribution in [0.5, 0.6) is 5.75 Å². The van der Waals surface area contributed by atoms with Crippen LogP contribution in [0.25, 0.3) is 0 Å². The molecule has 2 aromatic carbocycles. The molecule has 22 heavy (non-hydrogen) atoms. The first-order valence-electron chi connectivity index (χ1n) is 7.11. The molecule has 0 aliphatic rings. The number of amides is 1. The Morgan fingerprint density at radius 1 is 1.18 bits per heavy atom. The second-order valence-electron chi connectivity index (χ2n) is 4.82. The highest BCUT2D eigenvalue weighted by molar-refractivity contribution is 6.30. The van der Waals surface area contributed by atoms with E-state index in [4.69, 9.17) is 16.3 Å². The Morgan fingerprint density at radius 2 is 1.91 bits per heavy atom. The van der Waals surface area contributed by atoms with E-state index in [9.17, 15) is 4.79 Å². The van der Waals surface area contributed by atoms with Gasteiger partial charge in [0, 0.05) is 16.4 Å². The van der Waals surface area contributed by atoms with Crippen molar-refractivity contribution in [2.75, 3.05) is 23.8 Å². The minimum Gasteiger partial charge on any atom is -0.494 e. The zero-order valence-electron chi connectivity index (χ0n) is 12.7. The maximum atomic E-state index is 11.9. The van der Waals surface area contributed by atoms with Crippen molar-refractivity contribution in [2.24, 2.45) is 0 Å². The van der Waals surface area contributed by atoms with Gasteiger partial charge in [0.1, 0.15) is 5.75 Å². The SMILES string of the molecule is CCOc1ccc(NC(=O)CNc2ccc(Cl)cc2C)cc1. The van der Waals surface area contributed by atoms with Crippen LogP contribution in [0, 0.1) is 6.92 Å². The second kappa shape index (κ2) is 7.71. The Morgan fingerprint density at radius 3 is 2.55 bits per heavy atom. The summed E-state index contributed by atoms with van der Waals surface area (Å²) in [5, 5.41) is 6.61. The van der Waals surface area contributed by atoms with E-state index in [0.29, 0.717) is 11.6 Å². The van der Waals surface area contributed by atoms with E-state index in [1.165, 1.54) is 0 Å². The van der Waals surface area contributed by atoms with Gasteiger partial charge in [0.2, 0.25) is 5.91 Å². The first-order valence-corrected chi connectivity index (χ1v) is 7.49. The highest BCUT2D eigenvalue weighted by Gasteiger charge is 2.04. The zero-order valence-corrected chi connectivity index (χ0v) is 13.4. The predicted molar refractivity (Wildman–Crippen MR) is 90.9 cm³/mol. The molecule has 0 aromatic heterocycles. The van der Waals surface area contributed by atoms with E-state index in [0.717, 1.165) is 22.7 Å². The summed E-state index contributed by atoms with van der Waals surface area (Å²) in [6, 6.07) is 12.8. The lowest BCUT2D eigenvalue weighted by molar-refractivity contribution is -0.114. The van der Waals surface area contributed by atoms with Gasteiger partial charge in [-0.15, -0.1) is 0 Å². The molecule has 1 amide bonds. The molecule has 0 saturated carbocycles. The standard InChI is InChI=1S/C17H19ClN2O2/c1-3-22-15-7-5-14(6-8-15)20-17(21)11-19-16-9-4-13(18)10-12(16)2/h4-10,19H,3,11H2,1-2H3,(H,20,21). The lowest BCUT2D eigenvalue weighted by atomic mass is 10.2. The van der Waals surface area contributed by atoms with Gasteiger partial charge in [-0.25, -0.2) is 0 Å². The minimum absolute atomic E-state index is 0.112. The topological polar surface area (TPSA) is 50.4 Å². The average Bonchev–Trinajstić information content (AvgIpc) is 2.49. The van der Waals surface area contributed by atoms with Crippen LogP contribution in [-0.2, 0) is 4.79 Å². The van der Waals surface area contributed by atoms with E-state index in [2.05, 4.69) is 10.6 Å². The van der Waals surface area contributed by atoms with Gasteiger partial charge in [-0.05, 0) is 61.9 Å². The maximum Gasteiger partial charge on any atom is 0.243 e. The van der Waals surface area contributed by atoms with Crippen molar-refractivity contribution in [3.63, 3.8) is 0 Å². The number of anilines is 2. The third-order valence-corrected chi connectivity index (χ3v) is 3.31. The smallest absolute Gasteiger partial charge is 0.243 e. The van der Waals surface area contributed by atoms with Crippen LogP contribution in [0.15, 0.2) is 42.5 Å². The molecule has 0 unspecified atom stereocenters. The summed E-state index contributed by atoms with van der Waals surface area (Å²) in [7, 11) is 0. The number of nitrogens with one attached hydrogen (secondary N) is 2. The van der Waals surface area contributed by atoms with Crippen molar-refractivity contribution in [3.05, 3.63) is 53.1 Å². The number of ether oxygens (including phenoxy) is 1. The third-order valence-electron chi connectivity index (χ3n) is 3.08. The lowest BCUT2D eigenvalue weighted by Crippen LogP contribution is -2.22. The predicted octanol–water partition coefficient (Wildman–Crippen LogP) is 4.10. The number of carbonyl (C=O) groups excluding carboxylic acids is 1. The van der Waals surface area contributed by atoms with Crippen molar-refractivity contribution >= 4 is 28.9 Å². The first-order chi connectivity index (χ1) is 10.6. The average molecular weight is 319 g/mol. The van der Waals surface area contributed by atoms with Crippen molar-refractivity contribution in [1.82, 2.24) is 0 Å². The van der Waals surface area contributed by atoms with Crippen molar-refractivity contribution in [3.8, 4) is 5.75 Å². The molecule has 0 heterocycles. The first kappa shape index (κ1) is 16.2. The molecule has 0 bridgehead atoms. The fourth-order valence-electron chi connectivity index (χ4n) is 2.01. The highest BCUT2D eigenvalue weighted by Crippen LogP contribution is 2.19. The summed E-state index contributed by atoms with van der Waals surface area (Å²) in [6.45, 7) is 4.68. The Labute approximate surface area is 135 Å². The second-order valence-corrected chi connectivity index (χ2v) is 5.25. The van der Waals surface area contributed by atoms with Crippen molar-refractivity contribution < 1.29 is 9.53 Å². The summed E-state index contributed by atoms with van der Waals surface area (Å²) in [6.07, 6.45) is 0. The maximum absolute atomic E-state index is 11.9. The van der Waals surface area contributed by atoms with Crippen LogP contribution < -0.4 is 15.4 Å². The van der Waals surface area contributed by atoms with Gasteiger partial charge in [0.05, 0.1) is 13.2 Å². The van der Waals surface area contributed by atoms with Crippen LogP contribution in [0.4, 0.5) is 11.4 Å².